The van der Waals surface area contributed by atoms with E-state index in [9.17, 15) is 14.4 Å². The molecule has 1 N–H and O–H groups in total. The predicted octanol–water partition coefficient (Wildman–Crippen LogP) is 1.88. The van der Waals surface area contributed by atoms with Gasteiger partial charge in [-0.25, -0.2) is 9.59 Å². The second-order valence-corrected chi connectivity index (χ2v) is 5.05. The number of carbonyl (C=O) groups is 3. The second kappa shape index (κ2) is 9.34. The van der Waals surface area contributed by atoms with Crippen LogP contribution in [0.5, 0.6) is 5.75 Å². The van der Waals surface area contributed by atoms with Crippen LogP contribution < -0.4 is 4.74 Å². The molecule has 130 valence electrons. The van der Waals surface area contributed by atoms with E-state index in [1.165, 1.54) is 6.92 Å². The van der Waals surface area contributed by atoms with Gasteiger partial charge in [0.15, 0.2) is 6.10 Å². The Morgan fingerprint density at radius 1 is 1.17 bits per heavy atom. The van der Waals surface area contributed by atoms with Gasteiger partial charge in [-0.15, -0.1) is 0 Å². The summed E-state index contributed by atoms with van der Waals surface area (Å²) >= 11 is 0. The van der Waals surface area contributed by atoms with Crippen molar-refractivity contribution in [1.82, 2.24) is 0 Å². The first-order chi connectivity index (χ1) is 11.3. The van der Waals surface area contributed by atoms with Crippen molar-refractivity contribution in [3.63, 3.8) is 0 Å². The third-order valence-corrected chi connectivity index (χ3v) is 2.89. The molecule has 1 atom stereocenters. The summed E-state index contributed by atoms with van der Waals surface area (Å²) in [4.78, 5) is 33.7. The summed E-state index contributed by atoms with van der Waals surface area (Å²) in [5.41, 5.74) is 0.860. The maximum Gasteiger partial charge on any atom is 0.347 e. The van der Waals surface area contributed by atoms with Crippen LogP contribution in [0.1, 0.15) is 18.9 Å². The minimum atomic E-state index is -1.21. The van der Waals surface area contributed by atoms with Crippen LogP contribution >= 0.6 is 0 Å². The van der Waals surface area contributed by atoms with Crippen molar-refractivity contribution in [2.24, 2.45) is 0 Å². The molecule has 0 aliphatic carbocycles. The molecule has 0 saturated heterocycles. The third kappa shape index (κ3) is 6.95. The zero-order valence-electron chi connectivity index (χ0n) is 13.6. The fourth-order valence-corrected chi connectivity index (χ4v) is 1.60. The van der Waals surface area contributed by atoms with Gasteiger partial charge in [0, 0.05) is 5.57 Å². The number of carboxylic acid groups (broad SMARTS) is 1. The van der Waals surface area contributed by atoms with E-state index >= 15 is 0 Å². The lowest BCUT2D eigenvalue weighted by Gasteiger charge is -2.13. The van der Waals surface area contributed by atoms with E-state index in [4.69, 9.17) is 19.3 Å². The molecule has 0 saturated carbocycles. The quantitative estimate of drug-likeness (QED) is 0.417. The van der Waals surface area contributed by atoms with Crippen LogP contribution in [0.15, 0.2) is 36.4 Å². The highest BCUT2D eigenvalue weighted by Crippen LogP contribution is 2.11. The molecule has 0 fully saturated rings. The molecule has 0 radical (unpaired) electrons. The summed E-state index contributed by atoms with van der Waals surface area (Å²) in [5, 5.41) is 8.55. The van der Waals surface area contributed by atoms with Crippen molar-refractivity contribution in [1.29, 1.82) is 0 Å². The molecule has 0 spiro atoms. The van der Waals surface area contributed by atoms with Crippen LogP contribution in [0, 0.1) is 6.92 Å². The Hall–Kier alpha value is -2.83. The smallest absolute Gasteiger partial charge is 0.347 e. The molecule has 1 unspecified atom stereocenters. The predicted molar refractivity (Wildman–Crippen MR) is 84.6 cm³/mol. The number of carbonyl (C=O) groups excluding carboxylic acids is 2. The van der Waals surface area contributed by atoms with Gasteiger partial charge >= 0.3 is 17.9 Å². The molecule has 7 nitrogen and oxygen atoms in total. The van der Waals surface area contributed by atoms with Crippen molar-refractivity contribution in [3.8, 4) is 5.75 Å². The molecule has 1 aromatic carbocycles. The largest absolute Gasteiger partial charge is 0.490 e. The topological polar surface area (TPSA) is 99.1 Å². The number of aliphatic carboxylic acids is 1. The summed E-state index contributed by atoms with van der Waals surface area (Å²) in [6, 6.07) is 7.39. The molecular weight excluding hydrogens is 316 g/mol. The van der Waals surface area contributed by atoms with Gasteiger partial charge < -0.3 is 19.3 Å². The van der Waals surface area contributed by atoms with Gasteiger partial charge in [-0.1, -0.05) is 24.3 Å². The van der Waals surface area contributed by atoms with E-state index in [2.05, 4.69) is 6.58 Å². The summed E-state index contributed by atoms with van der Waals surface area (Å²) < 4.78 is 15.1. The van der Waals surface area contributed by atoms with E-state index in [0.29, 0.717) is 5.75 Å². The van der Waals surface area contributed by atoms with Gasteiger partial charge in [-0.05, 0) is 26.0 Å². The van der Waals surface area contributed by atoms with Crippen molar-refractivity contribution in [2.75, 3.05) is 13.2 Å². The van der Waals surface area contributed by atoms with Crippen LogP contribution in [0.3, 0.4) is 0 Å². The Labute approximate surface area is 139 Å². The lowest BCUT2D eigenvalue weighted by atomic mass is 10.2. The molecule has 0 aromatic heterocycles. The molecule has 0 bridgehead atoms. The summed E-state index contributed by atoms with van der Waals surface area (Å²) in [6.45, 7) is 6.73. The SMILES string of the molecule is C=C(CC(=O)O)C(=O)OC(C)C(=O)OCCOc1ccc(C)cc1. The van der Waals surface area contributed by atoms with Crippen molar-refractivity contribution in [3.05, 3.63) is 42.0 Å². The molecule has 0 heterocycles. The van der Waals surface area contributed by atoms with Crippen LogP contribution in [-0.2, 0) is 23.9 Å². The minimum Gasteiger partial charge on any atom is -0.490 e. The van der Waals surface area contributed by atoms with Crippen molar-refractivity contribution in [2.45, 2.75) is 26.4 Å². The average molecular weight is 336 g/mol. The molecule has 0 aliphatic heterocycles. The third-order valence-electron chi connectivity index (χ3n) is 2.89. The number of esters is 2. The van der Waals surface area contributed by atoms with Gasteiger partial charge in [0.05, 0.1) is 6.42 Å². The van der Waals surface area contributed by atoms with Crippen LogP contribution in [0.2, 0.25) is 0 Å². The molecule has 7 heteroatoms. The fraction of sp³-hybridized carbons (Fsp3) is 0.353. The van der Waals surface area contributed by atoms with E-state index in [1.807, 2.05) is 19.1 Å². The Morgan fingerprint density at radius 3 is 2.38 bits per heavy atom. The standard InChI is InChI=1S/C17H20O7/c1-11-4-6-14(7-5-11)22-8-9-23-17(21)13(3)24-16(20)12(2)10-15(18)19/h4-7,13H,2,8-10H2,1,3H3,(H,18,19). The number of hydrogen-bond donors (Lipinski definition) is 1. The Kier molecular flexibility index (Phi) is 7.48. The van der Waals surface area contributed by atoms with E-state index in [1.54, 1.807) is 12.1 Å². The van der Waals surface area contributed by atoms with Crippen LogP contribution in [0.4, 0.5) is 0 Å². The average Bonchev–Trinajstić information content (AvgIpc) is 2.52. The molecule has 0 amide bonds. The number of hydrogen-bond acceptors (Lipinski definition) is 6. The number of benzene rings is 1. The highest BCUT2D eigenvalue weighted by atomic mass is 16.6. The maximum absolute atomic E-state index is 11.7. The number of rotatable bonds is 9. The highest BCUT2D eigenvalue weighted by Gasteiger charge is 2.21. The normalized spacial score (nSPS) is 11.2. The molecule has 1 rings (SSSR count). The number of aryl methyl sites for hydroxylation is 1. The van der Waals surface area contributed by atoms with E-state index < -0.39 is 30.4 Å². The Morgan fingerprint density at radius 2 is 1.79 bits per heavy atom. The Bertz CT molecular complexity index is 604. The zero-order valence-corrected chi connectivity index (χ0v) is 13.6. The van der Waals surface area contributed by atoms with Gasteiger partial charge in [0.1, 0.15) is 19.0 Å². The van der Waals surface area contributed by atoms with Gasteiger partial charge in [0.2, 0.25) is 0 Å². The summed E-state index contributed by atoms with van der Waals surface area (Å²) in [5.74, 6) is -2.25. The summed E-state index contributed by atoms with van der Waals surface area (Å²) in [7, 11) is 0. The van der Waals surface area contributed by atoms with E-state index in [0.717, 1.165) is 5.56 Å². The molecule has 0 aliphatic rings. The monoisotopic (exact) mass is 336 g/mol. The molecule has 24 heavy (non-hydrogen) atoms. The zero-order chi connectivity index (χ0) is 18.1. The van der Waals surface area contributed by atoms with Crippen LogP contribution in [0.25, 0.3) is 0 Å². The van der Waals surface area contributed by atoms with Gasteiger partial charge in [0.25, 0.3) is 0 Å². The molecule has 1 aromatic rings. The highest BCUT2D eigenvalue weighted by molar-refractivity contribution is 5.94. The summed E-state index contributed by atoms with van der Waals surface area (Å²) in [6.07, 6.45) is -1.72. The second-order valence-electron chi connectivity index (χ2n) is 5.05. The lowest BCUT2D eigenvalue weighted by Crippen LogP contribution is -2.28. The van der Waals surface area contributed by atoms with Crippen LogP contribution in [-0.4, -0.2) is 42.3 Å². The lowest BCUT2D eigenvalue weighted by molar-refractivity contribution is -0.165. The first-order valence-corrected chi connectivity index (χ1v) is 7.26. The van der Waals surface area contributed by atoms with Gasteiger partial charge in [-0.2, -0.15) is 0 Å². The first kappa shape index (κ1) is 19.2. The van der Waals surface area contributed by atoms with Crippen molar-refractivity contribution < 1.29 is 33.7 Å². The van der Waals surface area contributed by atoms with Gasteiger partial charge in [-0.3, -0.25) is 4.79 Å². The number of ether oxygens (including phenoxy) is 3. The Balaban J connectivity index is 2.28. The fourth-order valence-electron chi connectivity index (χ4n) is 1.60. The van der Waals surface area contributed by atoms with Crippen molar-refractivity contribution >= 4 is 17.9 Å². The maximum atomic E-state index is 11.7. The number of carboxylic acids is 1. The first-order valence-electron chi connectivity index (χ1n) is 7.26. The van der Waals surface area contributed by atoms with E-state index in [-0.39, 0.29) is 18.8 Å². The minimum absolute atomic E-state index is 0.00925. The molecular formula is C17H20O7.